The maximum Gasteiger partial charge on any atom is 0.145 e. The van der Waals surface area contributed by atoms with Crippen molar-refractivity contribution >= 4 is 10.8 Å². The smallest absolute Gasteiger partial charge is 0.145 e. The van der Waals surface area contributed by atoms with E-state index in [0.29, 0.717) is 0 Å². The molecule has 1 aliphatic carbocycles. The molecule has 1 aromatic carbocycles. The number of hydrogen-bond acceptors (Lipinski definition) is 4. The van der Waals surface area contributed by atoms with Crippen molar-refractivity contribution in [1.29, 1.82) is 0 Å². The van der Waals surface area contributed by atoms with Gasteiger partial charge in [-0.05, 0) is 24.3 Å². The van der Waals surface area contributed by atoms with Gasteiger partial charge in [0.15, 0.2) is 0 Å². The standard InChI is InChI=1S/C16H12N2O2/c1-19-9-3-4-10-12(7-9)16-14-11(5-6-17-16)13(20-2)8-18-15(10)14/h3-8H,1-2H3. The van der Waals surface area contributed by atoms with E-state index in [1.54, 1.807) is 26.6 Å². The topological polar surface area (TPSA) is 44.2 Å². The van der Waals surface area contributed by atoms with E-state index >= 15 is 0 Å². The fourth-order valence-electron chi connectivity index (χ4n) is 2.79. The summed E-state index contributed by atoms with van der Waals surface area (Å²) >= 11 is 0. The first-order valence-electron chi connectivity index (χ1n) is 6.34. The second-order valence-corrected chi connectivity index (χ2v) is 4.67. The molecule has 4 heteroatoms. The minimum absolute atomic E-state index is 0.771. The van der Waals surface area contributed by atoms with Gasteiger partial charge in [0.05, 0.1) is 31.8 Å². The number of aromatic nitrogens is 2. The minimum atomic E-state index is 0.771. The molecule has 98 valence electrons. The molecule has 0 saturated heterocycles. The predicted molar refractivity (Wildman–Crippen MR) is 77.1 cm³/mol. The SMILES string of the molecule is COc1ccc2c(c1)-c1nccc3c(OC)cnc-2c13. The van der Waals surface area contributed by atoms with Gasteiger partial charge in [-0.3, -0.25) is 9.97 Å². The number of methoxy groups -OCH3 is 2. The monoisotopic (exact) mass is 264 g/mol. The molecule has 0 aliphatic heterocycles. The Bertz CT molecular complexity index is 843. The Morgan fingerprint density at radius 2 is 1.75 bits per heavy atom. The highest BCUT2D eigenvalue weighted by Crippen LogP contribution is 2.47. The molecule has 0 radical (unpaired) electrons. The van der Waals surface area contributed by atoms with Crippen LogP contribution in [0.3, 0.4) is 0 Å². The zero-order valence-corrected chi connectivity index (χ0v) is 11.2. The molecular weight excluding hydrogens is 252 g/mol. The van der Waals surface area contributed by atoms with Gasteiger partial charge in [0.25, 0.3) is 0 Å². The number of rotatable bonds is 2. The first kappa shape index (κ1) is 11.2. The van der Waals surface area contributed by atoms with Crippen LogP contribution in [0.25, 0.3) is 33.3 Å². The van der Waals surface area contributed by atoms with Crippen LogP contribution in [0.2, 0.25) is 0 Å². The average Bonchev–Trinajstić information content (AvgIpc) is 2.83. The van der Waals surface area contributed by atoms with Gasteiger partial charge in [-0.1, -0.05) is 0 Å². The summed E-state index contributed by atoms with van der Waals surface area (Å²) in [4.78, 5) is 9.06. The molecule has 20 heavy (non-hydrogen) atoms. The molecule has 4 nitrogen and oxygen atoms in total. The van der Waals surface area contributed by atoms with Crippen LogP contribution in [0, 0.1) is 0 Å². The first-order chi connectivity index (χ1) is 9.83. The zero-order valence-electron chi connectivity index (χ0n) is 11.2. The molecular formula is C16H12N2O2. The van der Waals surface area contributed by atoms with Gasteiger partial charge >= 0.3 is 0 Å². The molecule has 0 unspecified atom stereocenters. The minimum Gasteiger partial charge on any atom is -0.497 e. The molecule has 0 atom stereocenters. The third-order valence-corrected chi connectivity index (χ3v) is 3.72. The number of pyridine rings is 2. The van der Waals surface area contributed by atoms with Gasteiger partial charge in [-0.25, -0.2) is 0 Å². The van der Waals surface area contributed by atoms with Crippen molar-refractivity contribution in [3.63, 3.8) is 0 Å². The highest BCUT2D eigenvalue weighted by molar-refractivity contribution is 6.14. The highest BCUT2D eigenvalue weighted by atomic mass is 16.5. The molecule has 2 aromatic heterocycles. The second-order valence-electron chi connectivity index (χ2n) is 4.67. The summed E-state index contributed by atoms with van der Waals surface area (Å²) in [6.07, 6.45) is 3.57. The van der Waals surface area contributed by atoms with E-state index in [4.69, 9.17) is 9.47 Å². The van der Waals surface area contributed by atoms with Crippen molar-refractivity contribution in [2.45, 2.75) is 0 Å². The van der Waals surface area contributed by atoms with Crippen LogP contribution in [-0.4, -0.2) is 24.2 Å². The number of ether oxygens (including phenoxy) is 2. The van der Waals surface area contributed by atoms with E-state index in [1.165, 1.54) is 0 Å². The quantitative estimate of drug-likeness (QED) is 0.557. The summed E-state index contributed by atoms with van der Waals surface area (Å²) in [7, 11) is 3.32. The van der Waals surface area contributed by atoms with Gasteiger partial charge in [0, 0.05) is 28.1 Å². The number of fused-ring (bicyclic) bond motifs is 3. The molecule has 1 aliphatic rings. The van der Waals surface area contributed by atoms with Crippen LogP contribution in [0.5, 0.6) is 11.5 Å². The highest BCUT2D eigenvalue weighted by Gasteiger charge is 2.25. The van der Waals surface area contributed by atoms with Gasteiger partial charge in [0.2, 0.25) is 0 Å². The molecule has 2 heterocycles. The Kier molecular flexibility index (Phi) is 2.21. The summed E-state index contributed by atoms with van der Waals surface area (Å²) < 4.78 is 10.7. The lowest BCUT2D eigenvalue weighted by Crippen LogP contribution is -1.89. The fraction of sp³-hybridized carbons (Fsp3) is 0.125. The van der Waals surface area contributed by atoms with E-state index in [-0.39, 0.29) is 0 Å². The Morgan fingerprint density at radius 3 is 2.55 bits per heavy atom. The Labute approximate surface area is 116 Å². The Hall–Kier alpha value is -2.62. The van der Waals surface area contributed by atoms with Crippen LogP contribution in [-0.2, 0) is 0 Å². The summed E-state index contributed by atoms with van der Waals surface area (Å²) in [5.74, 6) is 1.59. The molecule has 0 N–H and O–H groups in total. The van der Waals surface area contributed by atoms with Crippen LogP contribution in [0.15, 0.2) is 36.7 Å². The summed E-state index contributed by atoms with van der Waals surface area (Å²) in [5.41, 5.74) is 4.05. The average molecular weight is 264 g/mol. The van der Waals surface area contributed by atoms with E-state index in [1.807, 2.05) is 24.3 Å². The second kappa shape index (κ2) is 3.93. The number of hydrogen-bond donors (Lipinski definition) is 0. The molecule has 0 fully saturated rings. The van der Waals surface area contributed by atoms with Crippen molar-refractivity contribution in [3.05, 3.63) is 36.7 Å². The largest absolute Gasteiger partial charge is 0.497 e. The molecule has 0 saturated carbocycles. The van der Waals surface area contributed by atoms with Gasteiger partial charge in [-0.15, -0.1) is 0 Å². The van der Waals surface area contributed by atoms with Crippen LogP contribution in [0.1, 0.15) is 0 Å². The van der Waals surface area contributed by atoms with Crippen molar-refractivity contribution in [1.82, 2.24) is 9.97 Å². The van der Waals surface area contributed by atoms with E-state index in [0.717, 1.165) is 44.8 Å². The summed E-state index contributed by atoms with van der Waals surface area (Å²) in [6, 6.07) is 7.95. The summed E-state index contributed by atoms with van der Waals surface area (Å²) in [6.45, 7) is 0. The normalized spacial score (nSPS) is 11.5. The van der Waals surface area contributed by atoms with Crippen molar-refractivity contribution < 1.29 is 9.47 Å². The first-order valence-corrected chi connectivity index (χ1v) is 6.34. The Morgan fingerprint density at radius 1 is 0.900 bits per heavy atom. The molecule has 0 amide bonds. The molecule has 0 bridgehead atoms. The third kappa shape index (κ3) is 1.30. The van der Waals surface area contributed by atoms with Gasteiger partial charge < -0.3 is 9.47 Å². The van der Waals surface area contributed by atoms with E-state index in [2.05, 4.69) is 9.97 Å². The molecule has 0 spiro atoms. The number of nitrogens with zero attached hydrogens (tertiary/aromatic N) is 2. The van der Waals surface area contributed by atoms with Crippen LogP contribution in [0.4, 0.5) is 0 Å². The Balaban J connectivity index is 2.13. The van der Waals surface area contributed by atoms with Gasteiger partial charge in [0.1, 0.15) is 11.5 Å². The van der Waals surface area contributed by atoms with Crippen LogP contribution < -0.4 is 9.47 Å². The lowest BCUT2D eigenvalue weighted by molar-refractivity contribution is 0.415. The van der Waals surface area contributed by atoms with E-state index in [9.17, 15) is 0 Å². The third-order valence-electron chi connectivity index (χ3n) is 3.72. The van der Waals surface area contributed by atoms with Crippen molar-refractivity contribution in [2.75, 3.05) is 14.2 Å². The lowest BCUT2D eigenvalue weighted by Gasteiger charge is -2.05. The summed E-state index contributed by atoms with van der Waals surface area (Å²) in [5, 5.41) is 2.09. The van der Waals surface area contributed by atoms with Gasteiger partial charge in [-0.2, -0.15) is 0 Å². The van der Waals surface area contributed by atoms with E-state index < -0.39 is 0 Å². The fourth-order valence-corrected chi connectivity index (χ4v) is 2.79. The molecule has 4 rings (SSSR count). The predicted octanol–water partition coefficient (Wildman–Crippen LogP) is 3.29. The number of benzene rings is 1. The van der Waals surface area contributed by atoms with Crippen LogP contribution >= 0.6 is 0 Å². The van der Waals surface area contributed by atoms with Crippen molar-refractivity contribution in [3.8, 4) is 34.0 Å². The molecule has 3 aromatic rings. The zero-order chi connectivity index (χ0) is 13.7. The van der Waals surface area contributed by atoms with Crippen molar-refractivity contribution in [2.24, 2.45) is 0 Å². The lowest BCUT2D eigenvalue weighted by atomic mass is 10.1. The maximum atomic E-state index is 5.39. The maximum absolute atomic E-state index is 5.39.